The van der Waals surface area contributed by atoms with Crippen molar-refractivity contribution in [3.05, 3.63) is 54.8 Å². The Morgan fingerprint density at radius 1 is 1.21 bits per heavy atom. The highest BCUT2D eigenvalue weighted by Crippen LogP contribution is 2.28. The smallest absolute Gasteiger partial charge is 0.258 e. The largest absolute Gasteiger partial charge is 0.301 e. The van der Waals surface area contributed by atoms with Crippen molar-refractivity contribution in [2.24, 2.45) is 0 Å². The first-order valence-corrected chi connectivity index (χ1v) is 5.85. The molecule has 8 nitrogen and oxygen atoms in total. The molecule has 1 aromatic carbocycles. The van der Waals surface area contributed by atoms with Crippen LogP contribution in [-0.2, 0) is 0 Å². The molecule has 2 aromatic rings. The number of aromatic nitrogens is 2. The fourth-order valence-electron chi connectivity index (χ4n) is 1.63. The highest BCUT2D eigenvalue weighted by molar-refractivity contribution is 9.10. The molecule has 1 heterocycles. The first-order valence-electron chi connectivity index (χ1n) is 5.05. The molecule has 0 amide bonds. The van der Waals surface area contributed by atoms with E-state index in [0.29, 0.717) is 10.3 Å². The summed E-state index contributed by atoms with van der Waals surface area (Å²) in [6, 6.07) is 5.12. The molecule has 9 heteroatoms. The average Bonchev–Trinajstić information content (AvgIpc) is 2.67. The zero-order valence-electron chi connectivity index (χ0n) is 9.61. The molecule has 0 bridgehead atoms. The molecule has 0 spiro atoms. The van der Waals surface area contributed by atoms with Gasteiger partial charge in [-0.05, 0) is 35.0 Å². The second-order valence-corrected chi connectivity index (χ2v) is 4.52. The van der Waals surface area contributed by atoms with Crippen LogP contribution in [0.1, 0.15) is 5.69 Å². The van der Waals surface area contributed by atoms with Crippen LogP contribution in [0.4, 0.5) is 11.4 Å². The zero-order valence-corrected chi connectivity index (χ0v) is 11.2. The van der Waals surface area contributed by atoms with E-state index < -0.39 is 9.85 Å². The molecule has 0 unspecified atom stereocenters. The maximum Gasteiger partial charge on any atom is 0.301 e. The van der Waals surface area contributed by atoms with Crippen LogP contribution < -0.4 is 0 Å². The van der Waals surface area contributed by atoms with Crippen LogP contribution in [0.25, 0.3) is 5.69 Å². The predicted molar refractivity (Wildman–Crippen MR) is 69.3 cm³/mol. The molecule has 0 aliphatic rings. The Hall–Kier alpha value is -2.29. The van der Waals surface area contributed by atoms with Gasteiger partial charge in [0.05, 0.1) is 15.9 Å². The molecule has 1 aromatic heterocycles. The van der Waals surface area contributed by atoms with Crippen molar-refractivity contribution in [3.8, 4) is 5.69 Å². The summed E-state index contributed by atoms with van der Waals surface area (Å²) in [7, 11) is 0. The van der Waals surface area contributed by atoms with Gasteiger partial charge in [0.15, 0.2) is 0 Å². The third-order valence-corrected chi connectivity index (χ3v) is 2.84. The molecular formula is C10H7BrN4O4. The van der Waals surface area contributed by atoms with Crippen LogP contribution in [0.15, 0.2) is 28.9 Å². The van der Waals surface area contributed by atoms with Crippen molar-refractivity contribution in [1.82, 2.24) is 9.78 Å². The normalized spacial score (nSPS) is 10.4. The van der Waals surface area contributed by atoms with E-state index in [2.05, 4.69) is 21.0 Å². The Morgan fingerprint density at radius 3 is 2.37 bits per heavy atom. The molecule has 19 heavy (non-hydrogen) atoms. The maximum absolute atomic E-state index is 11.0. The van der Waals surface area contributed by atoms with Gasteiger partial charge in [-0.25, -0.2) is 4.68 Å². The van der Waals surface area contributed by atoms with E-state index in [-0.39, 0.29) is 17.1 Å². The second-order valence-electron chi connectivity index (χ2n) is 3.71. The predicted octanol–water partition coefficient (Wildman–Crippen LogP) is 2.76. The van der Waals surface area contributed by atoms with Crippen LogP contribution in [-0.4, -0.2) is 19.6 Å². The molecule has 0 radical (unpaired) electrons. The van der Waals surface area contributed by atoms with Gasteiger partial charge in [-0.15, -0.1) is 0 Å². The van der Waals surface area contributed by atoms with Crippen LogP contribution >= 0.6 is 15.9 Å². The molecule has 0 saturated heterocycles. The van der Waals surface area contributed by atoms with E-state index in [9.17, 15) is 20.2 Å². The molecule has 0 saturated carbocycles. The van der Waals surface area contributed by atoms with Crippen LogP contribution in [0, 0.1) is 27.2 Å². The Bertz CT molecular complexity index is 682. The Balaban J connectivity index is 2.66. The fraction of sp³-hybridized carbons (Fsp3) is 0.100. The summed E-state index contributed by atoms with van der Waals surface area (Å²) in [6.07, 6.45) is 0. The molecule has 0 fully saturated rings. The van der Waals surface area contributed by atoms with Crippen molar-refractivity contribution in [2.75, 3.05) is 0 Å². The number of halogens is 1. The average molecular weight is 327 g/mol. The molecule has 0 aliphatic carbocycles. The van der Waals surface area contributed by atoms with Gasteiger partial charge in [0, 0.05) is 11.8 Å². The van der Waals surface area contributed by atoms with Gasteiger partial charge in [0.2, 0.25) is 0 Å². The zero-order chi connectivity index (χ0) is 14.2. The van der Waals surface area contributed by atoms with Crippen LogP contribution in [0.2, 0.25) is 0 Å². The fourth-order valence-corrected chi connectivity index (χ4v) is 2.12. The minimum absolute atomic E-state index is 0.179. The molecule has 2 rings (SSSR count). The lowest BCUT2D eigenvalue weighted by Gasteiger charge is -2.04. The number of nitrogens with zero attached hydrogens (tertiary/aromatic N) is 4. The van der Waals surface area contributed by atoms with Gasteiger partial charge in [0.1, 0.15) is 10.3 Å². The highest BCUT2D eigenvalue weighted by atomic mass is 79.9. The minimum atomic E-state index is -0.678. The number of rotatable bonds is 3. The van der Waals surface area contributed by atoms with Crippen molar-refractivity contribution in [2.45, 2.75) is 6.92 Å². The summed E-state index contributed by atoms with van der Waals surface area (Å²) < 4.78 is 1.88. The van der Waals surface area contributed by atoms with Crippen molar-refractivity contribution in [3.63, 3.8) is 0 Å². The quantitative estimate of drug-likeness (QED) is 0.637. The molecule has 0 atom stereocenters. The first-order chi connectivity index (χ1) is 8.90. The Kier molecular flexibility index (Phi) is 3.30. The second kappa shape index (κ2) is 4.76. The maximum atomic E-state index is 11.0. The van der Waals surface area contributed by atoms with Gasteiger partial charge in [0.25, 0.3) is 5.69 Å². The van der Waals surface area contributed by atoms with Gasteiger partial charge in [-0.1, -0.05) is 0 Å². The lowest BCUT2D eigenvalue weighted by atomic mass is 10.2. The lowest BCUT2D eigenvalue weighted by molar-refractivity contribution is -0.394. The summed E-state index contributed by atoms with van der Waals surface area (Å²) in [5.74, 6) is 0. The molecule has 98 valence electrons. The van der Waals surface area contributed by atoms with E-state index >= 15 is 0 Å². The summed E-state index contributed by atoms with van der Waals surface area (Å²) in [4.78, 5) is 20.3. The number of aryl methyl sites for hydroxylation is 1. The Morgan fingerprint density at radius 2 is 1.89 bits per heavy atom. The van der Waals surface area contributed by atoms with E-state index in [1.807, 2.05) is 0 Å². The van der Waals surface area contributed by atoms with Gasteiger partial charge < -0.3 is 0 Å². The third-order valence-electron chi connectivity index (χ3n) is 2.45. The monoisotopic (exact) mass is 326 g/mol. The number of nitro benzene ring substituents is 2. The number of nitro groups is 2. The highest BCUT2D eigenvalue weighted by Gasteiger charge is 2.22. The summed E-state index contributed by atoms with van der Waals surface area (Å²) in [5, 5.41) is 25.7. The number of hydrogen-bond donors (Lipinski definition) is 0. The Labute approximate surface area is 115 Å². The molecular weight excluding hydrogens is 320 g/mol. The number of benzene rings is 1. The van der Waals surface area contributed by atoms with Crippen molar-refractivity contribution < 1.29 is 9.85 Å². The number of hydrogen-bond acceptors (Lipinski definition) is 5. The van der Waals surface area contributed by atoms with Crippen molar-refractivity contribution >= 4 is 27.3 Å². The summed E-state index contributed by atoms with van der Waals surface area (Å²) >= 11 is 3.17. The standard InChI is InChI=1S/C10H7BrN4O4/c1-6-4-10(11)12-13(6)8-3-2-7(14(16)17)5-9(8)15(18)19/h2-5H,1H3. The van der Waals surface area contributed by atoms with E-state index in [4.69, 9.17) is 0 Å². The molecule has 0 aliphatic heterocycles. The van der Waals surface area contributed by atoms with Gasteiger partial charge in [-0.3, -0.25) is 20.2 Å². The van der Waals surface area contributed by atoms with Crippen LogP contribution in [0.3, 0.4) is 0 Å². The summed E-state index contributed by atoms with van der Waals surface area (Å²) in [5.41, 5.74) is 0.148. The van der Waals surface area contributed by atoms with Crippen LogP contribution in [0.5, 0.6) is 0 Å². The van der Waals surface area contributed by atoms with E-state index in [1.165, 1.54) is 16.8 Å². The SMILES string of the molecule is Cc1cc(Br)nn1-c1ccc([N+](=O)[O-])cc1[N+](=O)[O-]. The lowest BCUT2D eigenvalue weighted by Crippen LogP contribution is -2.04. The van der Waals surface area contributed by atoms with Gasteiger partial charge >= 0.3 is 5.69 Å². The van der Waals surface area contributed by atoms with Gasteiger partial charge in [-0.2, -0.15) is 5.10 Å². The van der Waals surface area contributed by atoms with E-state index in [0.717, 1.165) is 6.07 Å². The first kappa shape index (κ1) is 13.1. The number of non-ortho nitro benzene ring substituents is 1. The van der Waals surface area contributed by atoms with E-state index in [1.54, 1.807) is 13.0 Å². The molecule has 0 N–H and O–H groups in total. The third kappa shape index (κ3) is 2.45. The van der Waals surface area contributed by atoms with Crippen molar-refractivity contribution in [1.29, 1.82) is 0 Å². The summed E-state index contributed by atoms with van der Waals surface area (Å²) in [6.45, 7) is 1.73. The minimum Gasteiger partial charge on any atom is -0.258 e. The topological polar surface area (TPSA) is 104 Å².